The summed E-state index contributed by atoms with van der Waals surface area (Å²) in [6, 6.07) is 0. The van der Waals surface area contributed by atoms with Crippen molar-refractivity contribution >= 4 is 9.84 Å². The van der Waals surface area contributed by atoms with Crippen LogP contribution in [0.1, 0.15) is 31.2 Å². The van der Waals surface area contributed by atoms with E-state index in [1.807, 2.05) is 0 Å². The van der Waals surface area contributed by atoms with Gasteiger partial charge in [-0.15, -0.1) is 0 Å². The number of aliphatic hydroxyl groups is 1. The summed E-state index contributed by atoms with van der Waals surface area (Å²) < 4.78 is 28.5. The van der Waals surface area contributed by atoms with Crippen molar-refractivity contribution < 1.29 is 18.0 Å². The average Bonchev–Trinajstić information content (AvgIpc) is 2.77. The van der Waals surface area contributed by atoms with Crippen LogP contribution in [0.25, 0.3) is 0 Å². The molecule has 3 heterocycles. The molecule has 1 aromatic heterocycles. The lowest BCUT2D eigenvalue weighted by Gasteiger charge is -2.35. The maximum Gasteiger partial charge on any atom is 0.156 e. The smallest absolute Gasteiger partial charge is 0.156 e. The van der Waals surface area contributed by atoms with Crippen LogP contribution < -0.4 is 0 Å². The molecule has 16 heavy (non-hydrogen) atoms. The fourth-order valence-electron chi connectivity index (χ4n) is 2.92. The first kappa shape index (κ1) is 10.3. The second-order valence-corrected chi connectivity index (χ2v) is 7.27. The third kappa shape index (κ3) is 1.26. The number of hydrogen-bond acceptors (Lipinski definition) is 5. The molecule has 2 fully saturated rings. The first-order valence-electron chi connectivity index (χ1n) is 5.37. The summed E-state index contributed by atoms with van der Waals surface area (Å²) in [6.07, 6.45) is 4.75. The van der Waals surface area contributed by atoms with Gasteiger partial charge >= 0.3 is 0 Å². The third-order valence-corrected chi connectivity index (χ3v) is 6.50. The van der Waals surface area contributed by atoms with Gasteiger partial charge in [0.2, 0.25) is 0 Å². The highest BCUT2D eigenvalue weighted by Crippen LogP contribution is 2.47. The lowest BCUT2D eigenvalue weighted by Crippen LogP contribution is -2.42. The Morgan fingerprint density at radius 1 is 1.38 bits per heavy atom. The molecule has 88 valence electrons. The molecule has 2 bridgehead atoms. The van der Waals surface area contributed by atoms with Crippen LogP contribution in [0.5, 0.6) is 0 Å². The van der Waals surface area contributed by atoms with E-state index >= 15 is 0 Å². The predicted octanol–water partition coefficient (Wildman–Crippen LogP) is 0.602. The first-order valence-corrected chi connectivity index (χ1v) is 6.98. The van der Waals surface area contributed by atoms with E-state index in [2.05, 4.69) is 5.16 Å². The zero-order chi connectivity index (χ0) is 11.4. The number of sulfone groups is 1. The molecule has 0 spiro atoms. The van der Waals surface area contributed by atoms with Gasteiger partial charge in [-0.2, -0.15) is 0 Å². The lowest BCUT2D eigenvalue weighted by molar-refractivity contribution is 0.0168. The van der Waals surface area contributed by atoms with Crippen molar-refractivity contribution in [3.63, 3.8) is 0 Å². The van der Waals surface area contributed by atoms with Crippen molar-refractivity contribution in [1.82, 2.24) is 5.16 Å². The van der Waals surface area contributed by atoms with Gasteiger partial charge in [-0.05, 0) is 25.7 Å². The Bertz CT molecular complexity index is 473. The summed E-state index contributed by atoms with van der Waals surface area (Å²) in [5.74, 6) is 0. The molecule has 0 radical (unpaired) electrons. The molecule has 0 saturated carbocycles. The molecule has 0 aromatic carbocycles. The standard InChI is InChI=1S/C10H13NO4S/c12-10(7-5-11-15-6-7)3-8-1-2-9(4-10)16(8,13)14/h5-6,8-9,12H,1-4H2. The fourth-order valence-corrected chi connectivity index (χ4v) is 5.41. The van der Waals surface area contributed by atoms with Crippen molar-refractivity contribution in [3.05, 3.63) is 18.0 Å². The molecule has 2 aliphatic rings. The van der Waals surface area contributed by atoms with E-state index < -0.39 is 25.9 Å². The number of nitrogens with zero attached hydrogens (tertiary/aromatic N) is 1. The van der Waals surface area contributed by atoms with Gasteiger partial charge in [-0.1, -0.05) is 5.16 Å². The van der Waals surface area contributed by atoms with Crippen molar-refractivity contribution in [2.24, 2.45) is 0 Å². The highest BCUT2D eigenvalue weighted by molar-refractivity contribution is 7.93. The van der Waals surface area contributed by atoms with Crippen molar-refractivity contribution in [1.29, 1.82) is 0 Å². The van der Waals surface area contributed by atoms with E-state index in [4.69, 9.17) is 4.52 Å². The molecule has 1 N–H and O–H groups in total. The first-order chi connectivity index (χ1) is 7.52. The van der Waals surface area contributed by atoms with Gasteiger partial charge in [-0.3, -0.25) is 0 Å². The molecular weight excluding hydrogens is 230 g/mol. The van der Waals surface area contributed by atoms with Gasteiger partial charge in [0.25, 0.3) is 0 Å². The summed E-state index contributed by atoms with van der Waals surface area (Å²) in [5, 5.41) is 13.3. The molecule has 6 heteroatoms. The van der Waals surface area contributed by atoms with E-state index in [0.717, 1.165) is 0 Å². The van der Waals surface area contributed by atoms with Gasteiger partial charge in [0, 0.05) is 5.56 Å². The van der Waals surface area contributed by atoms with Gasteiger partial charge < -0.3 is 9.63 Å². The Morgan fingerprint density at radius 3 is 2.50 bits per heavy atom. The zero-order valence-electron chi connectivity index (χ0n) is 8.67. The lowest BCUT2D eigenvalue weighted by atomic mass is 9.88. The minimum Gasteiger partial charge on any atom is -0.385 e. The van der Waals surface area contributed by atoms with Crippen LogP contribution in [0.3, 0.4) is 0 Å². The van der Waals surface area contributed by atoms with Crippen LogP contribution in [0.15, 0.2) is 17.0 Å². The van der Waals surface area contributed by atoms with E-state index in [0.29, 0.717) is 18.4 Å². The van der Waals surface area contributed by atoms with Crippen LogP contribution in [0.2, 0.25) is 0 Å². The van der Waals surface area contributed by atoms with Gasteiger partial charge in [0.15, 0.2) is 9.84 Å². The maximum absolute atomic E-state index is 11.9. The van der Waals surface area contributed by atoms with E-state index in [1.165, 1.54) is 12.5 Å². The van der Waals surface area contributed by atoms with Crippen LogP contribution in [0.4, 0.5) is 0 Å². The average molecular weight is 243 g/mol. The summed E-state index contributed by atoms with van der Waals surface area (Å²) in [5.41, 5.74) is -0.476. The van der Waals surface area contributed by atoms with Crippen molar-refractivity contribution in [3.8, 4) is 0 Å². The molecule has 0 amide bonds. The fraction of sp³-hybridized carbons (Fsp3) is 0.700. The number of fused-ring (bicyclic) bond motifs is 2. The summed E-state index contributed by atoms with van der Waals surface area (Å²) in [4.78, 5) is 0. The molecular formula is C10H13NO4S. The second kappa shape index (κ2) is 3.07. The Kier molecular flexibility index (Phi) is 1.98. The maximum atomic E-state index is 11.9. The molecule has 5 nitrogen and oxygen atoms in total. The molecule has 2 saturated heterocycles. The molecule has 2 aliphatic heterocycles. The van der Waals surface area contributed by atoms with E-state index in [9.17, 15) is 13.5 Å². The van der Waals surface area contributed by atoms with E-state index in [1.54, 1.807) is 0 Å². The Balaban J connectivity index is 1.99. The number of rotatable bonds is 1. The Morgan fingerprint density at radius 2 is 2.00 bits per heavy atom. The van der Waals surface area contributed by atoms with Crippen LogP contribution in [-0.2, 0) is 15.4 Å². The van der Waals surface area contributed by atoms with Crippen molar-refractivity contribution in [2.75, 3.05) is 0 Å². The van der Waals surface area contributed by atoms with Crippen LogP contribution in [-0.4, -0.2) is 29.2 Å². The van der Waals surface area contributed by atoms with Crippen LogP contribution in [0, 0.1) is 0 Å². The second-order valence-electron chi connectivity index (χ2n) is 4.76. The summed E-state index contributed by atoms with van der Waals surface area (Å²) in [7, 11) is -3.00. The van der Waals surface area contributed by atoms with Gasteiger partial charge in [0.1, 0.15) is 6.26 Å². The minimum atomic E-state index is -3.00. The topological polar surface area (TPSA) is 80.4 Å². The monoisotopic (exact) mass is 243 g/mol. The van der Waals surface area contributed by atoms with Gasteiger partial charge in [0.05, 0.1) is 22.3 Å². The number of aromatic nitrogens is 1. The van der Waals surface area contributed by atoms with E-state index in [-0.39, 0.29) is 12.8 Å². The molecule has 3 rings (SSSR count). The summed E-state index contributed by atoms with van der Waals surface area (Å²) >= 11 is 0. The number of hydrogen-bond donors (Lipinski definition) is 1. The normalized spacial score (nSPS) is 41.1. The molecule has 2 unspecified atom stereocenters. The quantitative estimate of drug-likeness (QED) is 0.781. The zero-order valence-corrected chi connectivity index (χ0v) is 9.48. The van der Waals surface area contributed by atoms with Gasteiger partial charge in [-0.25, -0.2) is 8.42 Å². The van der Waals surface area contributed by atoms with Crippen molar-refractivity contribution in [2.45, 2.75) is 41.8 Å². The largest absolute Gasteiger partial charge is 0.385 e. The highest BCUT2D eigenvalue weighted by Gasteiger charge is 2.53. The third-order valence-electron chi connectivity index (χ3n) is 3.84. The van der Waals surface area contributed by atoms with Crippen LogP contribution >= 0.6 is 0 Å². The molecule has 1 aromatic rings. The summed E-state index contributed by atoms with van der Waals surface area (Å²) in [6.45, 7) is 0. The Hall–Kier alpha value is -0.880. The predicted molar refractivity (Wildman–Crippen MR) is 55.4 cm³/mol. The Labute approximate surface area is 93.4 Å². The SMILES string of the molecule is O=S1(=O)C2CCC1CC(O)(c1cnoc1)C2. The molecule has 0 aliphatic carbocycles. The molecule has 2 atom stereocenters. The highest BCUT2D eigenvalue weighted by atomic mass is 32.2. The minimum absolute atomic E-state index is 0.271.